The number of alkyl halides is 3. The first-order chi connectivity index (χ1) is 7.07. The van der Waals surface area contributed by atoms with Crippen LogP contribution in [0.3, 0.4) is 0 Å². The van der Waals surface area contributed by atoms with Gasteiger partial charge in [0.15, 0.2) is 0 Å². The second-order valence-corrected chi connectivity index (χ2v) is 3.26. The number of hydrogen-bond acceptors (Lipinski definition) is 1. The predicted octanol–water partition coefficient (Wildman–Crippen LogP) is 3.17. The van der Waals surface area contributed by atoms with E-state index >= 15 is 0 Å². The molecule has 1 aliphatic heterocycles. The summed E-state index contributed by atoms with van der Waals surface area (Å²) in [5, 5.41) is 0. The number of allylic oxidation sites excluding steroid dienone is 1. The normalized spacial score (nSPS) is 15.5. The molecule has 0 radical (unpaired) electrons. The van der Waals surface area contributed by atoms with E-state index in [0.29, 0.717) is 6.54 Å². The highest BCUT2D eigenvalue weighted by Gasteiger charge is 2.29. The van der Waals surface area contributed by atoms with Gasteiger partial charge in [0, 0.05) is 6.21 Å². The molecule has 0 saturated carbocycles. The number of rotatable bonds is 1. The summed E-state index contributed by atoms with van der Waals surface area (Å²) in [7, 11) is 0. The summed E-state index contributed by atoms with van der Waals surface area (Å²) < 4.78 is 36.8. The molecule has 0 fully saturated rings. The molecular formula is C11H8F3N. The van der Waals surface area contributed by atoms with Crippen molar-refractivity contribution in [2.24, 2.45) is 4.99 Å². The van der Waals surface area contributed by atoms with Gasteiger partial charge in [0.05, 0.1) is 12.1 Å². The Balaban J connectivity index is 2.25. The quantitative estimate of drug-likeness (QED) is 0.676. The third kappa shape index (κ3) is 2.09. The van der Waals surface area contributed by atoms with E-state index in [2.05, 4.69) is 4.99 Å². The Bertz CT molecular complexity index is 412. The van der Waals surface area contributed by atoms with Gasteiger partial charge in [0.2, 0.25) is 0 Å². The Morgan fingerprint density at radius 1 is 1.07 bits per heavy atom. The molecule has 0 aromatic heterocycles. The van der Waals surface area contributed by atoms with Gasteiger partial charge in [-0.05, 0) is 29.3 Å². The van der Waals surface area contributed by atoms with Crippen LogP contribution in [0.1, 0.15) is 11.1 Å². The predicted molar refractivity (Wildman–Crippen MR) is 52.8 cm³/mol. The standard InChI is InChI=1S/C11H8F3N/c12-11(13,14)10-3-1-8(2-4-10)9-5-6-15-7-9/h1-6H,7H2. The molecule has 0 spiro atoms. The van der Waals surface area contributed by atoms with Crippen molar-refractivity contribution in [1.82, 2.24) is 0 Å². The first-order valence-corrected chi connectivity index (χ1v) is 4.44. The summed E-state index contributed by atoms with van der Waals surface area (Å²) in [6.07, 6.45) is -0.797. The minimum atomic E-state index is -4.26. The molecule has 1 nitrogen and oxygen atoms in total. The second-order valence-electron chi connectivity index (χ2n) is 3.26. The Labute approximate surface area is 85.0 Å². The molecule has 78 valence electrons. The highest BCUT2D eigenvalue weighted by atomic mass is 19.4. The lowest BCUT2D eigenvalue weighted by molar-refractivity contribution is -0.137. The van der Waals surface area contributed by atoms with E-state index in [0.717, 1.165) is 23.3 Å². The van der Waals surface area contributed by atoms with E-state index < -0.39 is 11.7 Å². The van der Waals surface area contributed by atoms with Gasteiger partial charge in [-0.3, -0.25) is 4.99 Å². The van der Waals surface area contributed by atoms with Crippen LogP contribution in [-0.2, 0) is 6.18 Å². The van der Waals surface area contributed by atoms with Crippen LogP contribution in [0, 0.1) is 0 Å². The Morgan fingerprint density at radius 2 is 1.73 bits per heavy atom. The first kappa shape index (κ1) is 9.96. The third-order valence-electron chi connectivity index (χ3n) is 2.23. The van der Waals surface area contributed by atoms with Gasteiger partial charge in [0.1, 0.15) is 0 Å². The molecule has 4 heteroatoms. The fourth-order valence-corrected chi connectivity index (χ4v) is 1.41. The fourth-order valence-electron chi connectivity index (χ4n) is 1.41. The summed E-state index contributed by atoms with van der Waals surface area (Å²) in [4.78, 5) is 3.97. The maximum Gasteiger partial charge on any atom is 0.416 e. The van der Waals surface area contributed by atoms with Gasteiger partial charge < -0.3 is 0 Å². The lowest BCUT2D eigenvalue weighted by Crippen LogP contribution is -2.04. The number of aliphatic imine (C=N–C) groups is 1. The molecule has 1 aromatic rings. The molecule has 1 aliphatic rings. The van der Waals surface area contributed by atoms with Crippen molar-refractivity contribution in [2.45, 2.75) is 6.18 Å². The van der Waals surface area contributed by atoms with E-state index in [1.807, 2.05) is 6.08 Å². The maximum atomic E-state index is 12.3. The van der Waals surface area contributed by atoms with Crippen molar-refractivity contribution >= 4 is 11.8 Å². The minimum Gasteiger partial charge on any atom is -0.288 e. The molecule has 0 saturated heterocycles. The zero-order valence-corrected chi connectivity index (χ0v) is 7.75. The topological polar surface area (TPSA) is 12.4 Å². The van der Waals surface area contributed by atoms with Crippen molar-refractivity contribution in [1.29, 1.82) is 0 Å². The van der Waals surface area contributed by atoms with Crippen LogP contribution in [0.25, 0.3) is 5.57 Å². The molecule has 0 bridgehead atoms. The molecule has 0 aliphatic carbocycles. The molecule has 0 atom stereocenters. The van der Waals surface area contributed by atoms with E-state index in [9.17, 15) is 13.2 Å². The Kier molecular flexibility index (Phi) is 2.34. The van der Waals surface area contributed by atoms with Gasteiger partial charge in [-0.2, -0.15) is 13.2 Å². The van der Waals surface area contributed by atoms with Crippen molar-refractivity contribution in [3.8, 4) is 0 Å². The van der Waals surface area contributed by atoms with Gasteiger partial charge >= 0.3 is 6.18 Å². The second kappa shape index (κ2) is 3.53. The molecular weight excluding hydrogens is 203 g/mol. The zero-order chi connectivity index (χ0) is 10.9. The molecule has 0 amide bonds. The number of nitrogens with zero attached hydrogens (tertiary/aromatic N) is 1. The molecule has 15 heavy (non-hydrogen) atoms. The third-order valence-corrected chi connectivity index (χ3v) is 2.23. The summed E-state index contributed by atoms with van der Waals surface area (Å²) in [5.41, 5.74) is 1.12. The number of halogens is 3. The van der Waals surface area contributed by atoms with Crippen molar-refractivity contribution in [2.75, 3.05) is 6.54 Å². The van der Waals surface area contributed by atoms with E-state index in [1.165, 1.54) is 12.1 Å². The average molecular weight is 211 g/mol. The summed E-state index contributed by atoms with van der Waals surface area (Å²) in [5.74, 6) is 0. The highest BCUT2D eigenvalue weighted by molar-refractivity contribution is 5.89. The smallest absolute Gasteiger partial charge is 0.288 e. The minimum absolute atomic E-state index is 0.547. The monoisotopic (exact) mass is 211 g/mol. The lowest BCUT2D eigenvalue weighted by Gasteiger charge is -2.07. The molecule has 1 aromatic carbocycles. The summed E-state index contributed by atoms with van der Waals surface area (Å²) in [6.45, 7) is 0.547. The first-order valence-electron chi connectivity index (χ1n) is 4.44. The van der Waals surface area contributed by atoms with Crippen LogP contribution in [0.4, 0.5) is 13.2 Å². The van der Waals surface area contributed by atoms with E-state index in [-0.39, 0.29) is 0 Å². The molecule has 0 unspecified atom stereocenters. The highest BCUT2D eigenvalue weighted by Crippen LogP contribution is 2.30. The van der Waals surface area contributed by atoms with Crippen LogP contribution >= 0.6 is 0 Å². The zero-order valence-electron chi connectivity index (χ0n) is 7.75. The summed E-state index contributed by atoms with van der Waals surface area (Å²) >= 11 is 0. The summed E-state index contributed by atoms with van der Waals surface area (Å²) in [6, 6.07) is 5.13. The Hall–Kier alpha value is -1.58. The van der Waals surface area contributed by atoms with Crippen LogP contribution in [-0.4, -0.2) is 12.8 Å². The fraction of sp³-hybridized carbons (Fsp3) is 0.182. The average Bonchev–Trinajstić information content (AvgIpc) is 2.69. The van der Waals surface area contributed by atoms with Crippen LogP contribution in [0.2, 0.25) is 0 Å². The SMILES string of the molecule is FC(F)(F)c1ccc(C2=CC=NC2)cc1. The van der Waals surface area contributed by atoms with Crippen molar-refractivity contribution in [3.05, 3.63) is 41.5 Å². The van der Waals surface area contributed by atoms with Crippen molar-refractivity contribution < 1.29 is 13.2 Å². The van der Waals surface area contributed by atoms with Gasteiger partial charge in [-0.25, -0.2) is 0 Å². The van der Waals surface area contributed by atoms with Gasteiger partial charge in [-0.15, -0.1) is 0 Å². The van der Waals surface area contributed by atoms with Crippen LogP contribution in [0.5, 0.6) is 0 Å². The van der Waals surface area contributed by atoms with Crippen LogP contribution in [0.15, 0.2) is 35.3 Å². The molecule has 0 N–H and O–H groups in total. The van der Waals surface area contributed by atoms with Gasteiger partial charge in [0.25, 0.3) is 0 Å². The lowest BCUT2D eigenvalue weighted by atomic mass is 10.0. The van der Waals surface area contributed by atoms with Gasteiger partial charge in [-0.1, -0.05) is 12.1 Å². The molecule has 1 heterocycles. The largest absolute Gasteiger partial charge is 0.416 e. The van der Waals surface area contributed by atoms with E-state index in [4.69, 9.17) is 0 Å². The molecule has 2 rings (SSSR count). The van der Waals surface area contributed by atoms with Crippen LogP contribution < -0.4 is 0 Å². The van der Waals surface area contributed by atoms with E-state index in [1.54, 1.807) is 6.21 Å². The van der Waals surface area contributed by atoms with Crippen molar-refractivity contribution in [3.63, 3.8) is 0 Å². The maximum absolute atomic E-state index is 12.3. The Morgan fingerprint density at radius 3 is 2.20 bits per heavy atom. The number of benzene rings is 1. The number of hydrogen-bond donors (Lipinski definition) is 0.